The Morgan fingerprint density at radius 2 is 2.18 bits per heavy atom. The van der Waals surface area contributed by atoms with Crippen LogP contribution in [0.25, 0.3) is 0 Å². The van der Waals surface area contributed by atoms with Crippen molar-refractivity contribution in [1.29, 1.82) is 0 Å². The zero-order valence-electron chi connectivity index (χ0n) is 11.0. The van der Waals surface area contributed by atoms with Gasteiger partial charge in [0.25, 0.3) is 0 Å². The molecule has 0 heterocycles. The fourth-order valence-electron chi connectivity index (χ4n) is 1.96. The number of ether oxygens (including phenoxy) is 1. The van der Waals surface area contributed by atoms with E-state index in [1.165, 1.54) is 12.8 Å². The fourth-order valence-corrected chi connectivity index (χ4v) is 1.96. The van der Waals surface area contributed by atoms with Crippen molar-refractivity contribution in [3.05, 3.63) is 0 Å². The Morgan fingerprint density at radius 1 is 1.41 bits per heavy atom. The minimum Gasteiger partial charge on any atom is -0.396 e. The zero-order chi connectivity index (χ0) is 12.6. The first-order valence-corrected chi connectivity index (χ1v) is 6.80. The van der Waals surface area contributed by atoms with Crippen LogP contribution in [0.15, 0.2) is 0 Å². The van der Waals surface area contributed by atoms with Crippen LogP contribution in [0.3, 0.4) is 0 Å². The molecule has 1 fully saturated rings. The van der Waals surface area contributed by atoms with E-state index in [4.69, 9.17) is 9.84 Å². The summed E-state index contributed by atoms with van der Waals surface area (Å²) in [7, 11) is 0. The summed E-state index contributed by atoms with van der Waals surface area (Å²) in [5.41, 5.74) is 0.317. The van der Waals surface area contributed by atoms with Crippen molar-refractivity contribution in [2.45, 2.75) is 45.1 Å². The highest BCUT2D eigenvalue weighted by molar-refractivity contribution is 4.94. The molecule has 1 aliphatic carbocycles. The van der Waals surface area contributed by atoms with E-state index in [9.17, 15) is 5.11 Å². The highest BCUT2D eigenvalue weighted by Gasteiger charge is 2.41. The first-order chi connectivity index (χ1) is 8.22. The molecule has 0 aromatic heterocycles. The van der Waals surface area contributed by atoms with Crippen molar-refractivity contribution < 1.29 is 14.9 Å². The van der Waals surface area contributed by atoms with Gasteiger partial charge < -0.3 is 20.3 Å². The van der Waals surface area contributed by atoms with E-state index in [1.54, 1.807) is 0 Å². The van der Waals surface area contributed by atoms with Crippen LogP contribution < -0.4 is 5.32 Å². The Bertz CT molecular complexity index is 195. The normalized spacial score (nSPS) is 19.2. The molecule has 0 amide bonds. The quantitative estimate of drug-likeness (QED) is 0.474. The number of aliphatic hydroxyl groups excluding tert-OH is 2. The number of hydrogen-bond acceptors (Lipinski definition) is 4. The van der Waals surface area contributed by atoms with Crippen LogP contribution in [0.2, 0.25) is 0 Å². The van der Waals surface area contributed by atoms with Gasteiger partial charge in [-0.05, 0) is 31.1 Å². The maximum Gasteiger partial charge on any atom is 0.0897 e. The SMILES string of the molecule is CCCCOCC(O)CNCC1(CCO)CC1. The van der Waals surface area contributed by atoms with Gasteiger partial charge in [-0.25, -0.2) is 0 Å². The van der Waals surface area contributed by atoms with Crippen molar-refractivity contribution in [2.75, 3.05) is 32.9 Å². The molecular weight excluding hydrogens is 218 g/mol. The van der Waals surface area contributed by atoms with E-state index < -0.39 is 6.10 Å². The summed E-state index contributed by atoms with van der Waals surface area (Å²) in [6, 6.07) is 0. The summed E-state index contributed by atoms with van der Waals surface area (Å²) in [4.78, 5) is 0. The summed E-state index contributed by atoms with van der Waals surface area (Å²) in [6.07, 6.45) is 5.03. The van der Waals surface area contributed by atoms with Crippen molar-refractivity contribution >= 4 is 0 Å². The second kappa shape index (κ2) is 8.03. The van der Waals surface area contributed by atoms with Crippen molar-refractivity contribution in [3.63, 3.8) is 0 Å². The Morgan fingerprint density at radius 3 is 2.76 bits per heavy atom. The lowest BCUT2D eigenvalue weighted by molar-refractivity contribution is 0.0352. The molecule has 1 unspecified atom stereocenters. The van der Waals surface area contributed by atoms with Crippen LogP contribution in [-0.4, -0.2) is 49.2 Å². The van der Waals surface area contributed by atoms with Crippen molar-refractivity contribution in [1.82, 2.24) is 5.32 Å². The minimum absolute atomic E-state index is 0.268. The Hall–Kier alpha value is -0.160. The lowest BCUT2D eigenvalue weighted by atomic mass is 10.0. The van der Waals surface area contributed by atoms with E-state index in [1.807, 2.05) is 0 Å². The van der Waals surface area contributed by atoms with Crippen LogP contribution >= 0.6 is 0 Å². The monoisotopic (exact) mass is 245 g/mol. The molecular formula is C13H27NO3. The average Bonchev–Trinajstić information content (AvgIpc) is 3.05. The van der Waals surface area contributed by atoms with Gasteiger partial charge in [0.05, 0.1) is 12.7 Å². The third-order valence-corrected chi connectivity index (χ3v) is 3.43. The lowest BCUT2D eigenvalue weighted by Gasteiger charge is -2.17. The van der Waals surface area contributed by atoms with Gasteiger partial charge in [0.2, 0.25) is 0 Å². The van der Waals surface area contributed by atoms with Crippen LogP contribution in [-0.2, 0) is 4.74 Å². The molecule has 102 valence electrons. The Balaban J connectivity index is 1.95. The van der Waals surface area contributed by atoms with Crippen LogP contribution in [0, 0.1) is 5.41 Å². The van der Waals surface area contributed by atoms with Gasteiger partial charge in [-0.15, -0.1) is 0 Å². The largest absolute Gasteiger partial charge is 0.396 e. The predicted molar refractivity (Wildman–Crippen MR) is 68.0 cm³/mol. The molecule has 0 aromatic rings. The predicted octanol–water partition coefficient (Wildman–Crippen LogP) is 0.916. The molecule has 3 N–H and O–H groups in total. The number of hydrogen-bond donors (Lipinski definition) is 3. The molecule has 0 aliphatic heterocycles. The maximum absolute atomic E-state index is 9.66. The molecule has 0 radical (unpaired) electrons. The van der Waals surface area contributed by atoms with Crippen LogP contribution in [0.1, 0.15) is 39.0 Å². The van der Waals surface area contributed by atoms with Gasteiger partial charge in [0.1, 0.15) is 0 Å². The summed E-state index contributed by atoms with van der Waals surface area (Å²) in [5, 5.41) is 21.9. The number of aliphatic hydroxyl groups is 2. The summed E-state index contributed by atoms with van der Waals surface area (Å²) in [6.45, 7) is 5.03. The molecule has 0 saturated heterocycles. The molecule has 4 nitrogen and oxygen atoms in total. The van der Waals surface area contributed by atoms with E-state index in [0.717, 1.165) is 32.4 Å². The van der Waals surface area contributed by atoms with Crippen LogP contribution in [0.4, 0.5) is 0 Å². The summed E-state index contributed by atoms with van der Waals surface area (Å²) < 4.78 is 5.35. The summed E-state index contributed by atoms with van der Waals surface area (Å²) in [5.74, 6) is 0. The van der Waals surface area contributed by atoms with Crippen molar-refractivity contribution in [2.24, 2.45) is 5.41 Å². The molecule has 17 heavy (non-hydrogen) atoms. The Kier molecular flexibility index (Phi) is 7.04. The van der Waals surface area contributed by atoms with Gasteiger partial charge in [-0.3, -0.25) is 0 Å². The second-order valence-electron chi connectivity index (χ2n) is 5.19. The van der Waals surface area contributed by atoms with Gasteiger partial charge in [-0.1, -0.05) is 13.3 Å². The Labute approximate surface area is 104 Å². The highest BCUT2D eigenvalue weighted by Crippen LogP contribution is 2.47. The summed E-state index contributed by atoms with van der Waals surface area (Å²) >= 11 is 0. The first kappa shape index (κ1) is 14.9. The smallest absolute Gasteiger partial charge is 0.0897 e. The van der Waals surface area contributed by atoms with E-state index in [0.29, 0.717) is 18.6 Å². The van der Waals surface area contributed by atoms with Gasteiger partial charge in [-0.2, -0.15) is 0 Å². The zero-order valence-corrected chi connectivity index (χ0v) is 11.0. The van der Waals surface area contributed by atoms with E-state index in [-0.39, 0.29) is 6.61 Å². The van der Waals surface area contributed by atoms with Gasteiger partial charge in [0, 0.05) is 26.3 Å². The third kappa shape index (κ3) is 6.36. The third-order valence-electron chi connectivity index (χ3n) is 3.43. The minimum atomic E-state index is -0.420. The van der Waals surface area contributed by atoms with Crippen molar-refractivity contribution in [3.8, 4) is 0 Å². The lowest BCUT2D eigenvalue weighted by Crippen LogP contribution is -2.34. The number of unbranched alkanes of at least 4 members (excludes halogenated alkanes) is 1. The molecule has 1 saturated carbocycles. The topological polar surface area (TPSA) is 61.7 Å². The second-order valence-corrected chi connectivity index (χ2v) is 5.19. The number of nitrogens with one attached hydrogen (secondary N) is 1. The van der Waals surface area contributed by atoms with E-state index >= 15 is 0 Å². The standard InChI is InChI=1S/C13H27NO3/c1-2-3-8-17-10-12(16)9-14-11-13(4-5-13)6-7-15/h12,14-16H,2-11H2,1H3. The first-order valence-electron chi connectivity index (χ1n) is 6.80. The molecule has 1 atom stereocenters. The molecule has 0 aromatic carbocycles. The maximum atomic E-state index is 9.66. The fraction of sp³-hybridized carbons (Fsp3) is 1.00. The van der Waals surface area contributed by atoms with Gasteiger partial charge >= 0.3 is 0 Å². The average molecular weight is 245 g/mol. The molecule has 1 rings (SSSR count). The van der Waals surface area contributed by atoms with Gasteiger partial charge in [0.15, 0.2) is 0 Å². The van der Waals surface area contributed by atoms with Crippen LogP contribution in [0.5, 0.6) is 0 Å². The highest BCUT2D eigenvalue weighted by atomic mass is 16.5. The molecule has 0 spiro atoms. The molecule has 4 heteroatoms. The molecule has 0 bridgehead atoms. The van der Waals surface area contributed by atoms with E-state index in [2.05, 4.69) is 12.2 Å². The molecule has 1 aliphatic rings. The number of rotatable bonds is 11.